The van der Waals surface area contributed by atoms with Crippen molar-refractivity contribution in [3.05, 3.63) is 23.8 Å². The lowest BCUT2D eigenvalue weighted by Gasteiger charge is -2.09. The summed E-state index contributed by atoms with van der Waals surface area (Å²) < 4.78 is 10.2. The molecule has 0 spiro atoms. The van der Waals surface area contributed by atoms with Crippen LogP contribution in [0.1, 0.15) is 12.0 Å². The van der Waals surface area contributed by atoms with E-state index in [1.165, 1.54) is 14.2 Å². The van der Waals surface area contributed by atoms with E-state index in [1.54, 1.807) is 18.2 Å². The first-order valence-corrected chi connectivity index (χ1v) is 5.76. The van der Waals surface area contributed by atoms with E-state index in [4.69, 9.17) is 14.6 Å². The predicted molar refractivity (Wildman–Crippen MR) is 68.5 cm³/mol. The summed E-state index contributed by atoms with van der Waals surface area (Å²) in [6.45, 7) is 0.126. The molecule has 0 heterocycles. The molecular formula is C13H17NO5. The van der Waals surface area contributed by atoms with Crippen LogP contribution in [0.4, 0.5) is 0 Å². The Hall–Kier alpha value is -2.24. The number of carbonyl (C=O) groups is 2. The van der Waals surface area contributed by atoms with Crippen LogP contribution in [0.2, 0.25) is 0 Å². The average Bonchev–Trinajstić information content (AvgIpc) is 2.38. The largest absolute Gasteiger partial charge is 0.493 e. The second kappa shape index (κ2) is 7.25. The zero-order valence-corrected chi connectivity index (χ0v) is 10.9. The van der Waals surface area contributed by atoms with Crippen LogP contribution in [-0.2, 0) is 16.0 Å². The summed E-state index contributed by atoms with van der Waals surface area (Å²) in [6, 6.07) is 5.20. The molecule has 0 saturated carbocycles. The molecule has 6 heteroatoms. The molecule has 0 radical (unpaired) electrons. The molecule has 19 heavy (non-hydrogen) atoms. The van der Waals surface area contributed by atoms with Crippen molar-refractivity contribution >= 4 is 11.9 Å². The van der Waals surface area contributed by atoms with Gasteiger partial charge < -0.3 is 19.9 Å². The Morgan fingerprint density at radius 3 is 2.47 bits per heavy atom. The Kier molecular flexibility index (Phi) is 5.66. The van der Waals surface area contributed by atoms with Gasteiger partial charge in [-0.25, -0.2) is 0 Å². The first-order valence-electron chi connectivity index (χ1n) is 5.76. The van der Waals surface area contributed by atoms with Crippen LogP contribution >= 0.6 is 0 Å². The van der Waals surface area contributed by atoms with Crippen molar-refractivity contribution in [2.45, 2.75) is 12.8 Å². The summed E-state index contributed by atoms with van der Waals surface area (Å²) in [7, 11) is 3.06. The van der Waals surface area contributed by atoms with Gasteiger partial charge in [-0.1, -0.05) is 6.07 Å². The maximum atomic E-state index is 11.6. The fourth-order valence-electron chi connectivity index (χ4n) is 1.55. The normalized spacial score (nSPS) is 9.79. The molecule has 6 nitrogen and oxygen atoms in total. The number of carboxylic acid groups (broad SMARTS) is 1. The highest BCUT2D eigenvalue weighted by molar-refractivity contribution is 5.79. The summed E-state index contributed by atoms with van der Waals surface area (Å²) in [5.74, 6) is -0.0178. The maximum Gasteiger partial charge on any atom is 0.305 e. The predicted octanol–water partition coefficient (Wildman–Crippen LogP) is 0.837. The van der Waals surface area contributed by atoms with Gasteiger partial charge in [0.25, 0.3) is 0 Å². The van der Waals surface area contributed by atoms with Gasteiger partial charge in [-0.15, -0.1) is 0 Å². The van der Waals surface area contributed by atoms with Crippen LogP contribution in [0.15, 0.2) is 18.2 Å². The molecule has 1 rings (SSSR count). The molecular weight excluding hydrogens is 250 g/mol. The van der Waals surface area contributed by atoms with E-state index < -0.39 is 5.97 Å². The van der Waals surface area contributed by atoms with Crippen LogP contribution in [0.3, 0.4) is 0 Å². The van der Waals surface area contributed by atoms with E-state index in [0.717, 1.165) is 5.56 Å². The molecule has 0 fully saturated rings. The van der Waals surface area contributed by atoms with E-state index >= 15 is 0 Å². The number of benzene rings is 1. The number of amides is 1. The van der Waals surface area contributed by atoms with Crippen LogP contribution in [0.25, 0.3) is 0 Å². The molecule has 0 aromatic heterocycles. The Labute approximate surface area is 111 Å². The van der Waals surface area contributed by atoms with Gasteiger partial charge in [-0.2, -0.15) is 0 Å². The number of ether oxygens (including phenoxy) is 2. The number of hydrogen-bond donors (Lipinski definition) is 2. The number of carbonyl (C=O) groups excluding carboxylic acids is 1. The summed E-state index contributed by atoms with van der Waals surface area (Å²) in [6.07, 6.45) is 0.0810. The summed E-state index contributed by atoms with van der Waals surface area (Å²) in [5.41, 5.74) is 0.769. The fraction of sp³-hybridized carbons (Fsp3) is 0.385. The molecule has 1 aromatic carbocycles. The van der Waals surface area contributed by atoms with E-state index in [9.17, 15) is 9.59 Å². The molecule has 0 unspecified atom stereocenters. The van der Waals surface area contributed by atoms with Crippen LogP contribution in [0.5, 0.6) is 11.5 Å². The van der Waals surface area contributed by atoms with Crippen LogP contribution < -0.4 is 14.8 Å². The van der Waals surface area contributed by atoms with Crippen molar-refractivity contribution in [3.63, 3.8) is 0 Å². The van der Waals surface area contributed by atoms with Gasteiger partial charge in [0.15, 0.2) is 11.5 Å². The second-order valence-corrected chi connectivity index (χ2v) is 3.86. The number of aliphatic carboxylic acids is 1. The van der Waals surface area contributed by atoms with Crippen molar-refractivity contribution in [3.8, 4) is 11.5 Å². The number of nitrogens with one attached hydrogen (secondary N) is 1. The Bertz CT molecular complexity index is 458. The minimum Gasteiger partial charge on any atom is -0.493 e. The monoisotopic (exact) mass is 267 g/mol. The van der Waals surface area contributed by atoms with Crippen LogP contribution in [-0.4, -0.2) is 37.7 Å². The van der Waals surface area contributed by atoms with E-state index in [1.807, 2.05) is 0 Å². The second-order valence-electron chi connectivity index (χ2n) is 3.86. The molecule has 104 valence electrons. The van der Waals surface area contributed by atoms with Gasteiger partial charge in [0.1, 0.15) is 0 Å². The molecule has 0 saturated heterocycles. The first kappa shape index (κ1) is 14.8. The van der Waals surface area contributed by atoms with E-state index in [2.05, 4.69) is 5.32 Å². The zero-order chi connectivity index (χ0) is 14.3. The van der Waals surface area contributed by atoms with Gasteiger partial charge in [0.05, 0.1) is 27.1 Å². The lowest BCUT2D eigenvalue weighted by atomic mass is 10.1. The van der Waals surface area contributed by atoms with Crippen molar-refractivity contribution in [1.82, 2.24) is 5.32 Å². The minimum atomic E-state index is -0.939. The lowest BCUT2D eigenvalue weighted by molar-refractivity contribution is -0.136. The molecule has 0 bridgehead atoms. The molecule has 1 amide bonds. The molecule has 1 aromatic rings. The van der Waals surface area contributed by atoms with E-state index in [0.29, 0.717) is 11.5 Å². The zero-order valence-electron chi connectivity index (χ0n) is 10.9. The third-order valence-electron chi connectivity index (χ3n) is 2.47. The molecule has 0 aliphatic carbocycles. The molecule has 0 aliphatic rings. The third kappa shape index (κ3) is 4.87. The first-order chi connectivity index (χ1) is 9.06. The summed E-state index contributed by atoms with van der Waals surface area (Å²) in [4.78, 5) is 21.9. The van der Waals surface area contributed by atoms with Gasteiger partial charge in [0.2, 0.25) is 5.91 Å². The highest BCUT2D eigenvalue weighted by Gasteiger charge is 2.08. The topological polar surface area (TPSA) is 84.9 Å². The summed E-state index contributed by atoms with van der Waals surface area (Å²) in [5, 5.41) is 11.0. The van der Waals surface area contributed by atoms with Crippen molar-refractivity contribution < 1.29 is 24.2 Å². The maximum absolute atomic E-state index is 11.6. The quantitative estimate of drug-likeness (QED) is 0.764. The van der Waals surface area contributed by atoms with Crippen molar-refractivity contribution in [2.24, 2.45) is 0 Å². The van der Waals surface area contributed by atoms with Gasteiger partial charge in [-0.3, -0.25) is 9.59 Å². The van der Waals surface area contributed by atoms with Crippen LogP contribution in [0, 0.1) is 0 Å². The van der Waals surface area contributed by atoms with Crippen molar-refractivity contribution in [2.75, 3.05) is 20.8 Å². The Morgan fingerprint density at radius 2 is 1.89 bits per heavy atom. The SMILES string of the molecule is COc1ccc(CC(=O)NCCC(=O)O)cc1OC. The standard InChI is InChI=1S/C13H17NO5/c1-18-10-4-3-9(7-11(10)19-2)8-12(15)14-6-5-13(16)17/h3-4,7H,5-6,8H2,1-2H3,(H,14,15)(H,16,17). The Balaban J connectivity index is 2.57. The molecule has 0 aliphatic heterocycles. The summed E-state index contributed by atoms with van der Waals surface area (Å²) >= 11 is 0. The smallest absolute Gasteiger partial charge is 0.305 e. The van der Waals surface area contributed by atoms with Crippen molar-refractivity contribution in [1.29, 1.82) is 0 Å². The van der Waals surface area contributed by atoms with E-state index in [-0.39, 0.29) is 25.3 Å². The third-order valence-corrected chi connectivity index (χ3v) is 2.47. The minimum absolute atomic E-state index is 0.0856. The van der Waals surface area contributed by atoms with Gasteiger partial charge in [0, 0.05) is 6.54 Å². The number of rotatable bonds is 7. The van der Waals surface area contributed by atoms with Gasteiger partial charge >= 0.3 is 5.97 Å². The number of hydrogen-bond acceptors (Lipinski definition) is 4. The fourth-order valence-corrected chi connectivity index (χ4v) is 1.55. The Morgan fingerprint density at radius 1 is 1.21 bits per heavy atom. The molecule has 0 atom stereocenters. The molecule has 2 N–H and O–H groups in total. The highest BCUT2D eigenvalue weighted by atomic mass is 16.5. The number of methoxy groups -OCH3 is 2. The highest BCUT2D eigenvalue weighted by Crippen LogP contribution is 2.27. The number of carboxylic acids is 1. The average molecular weight is 267 g/mol. The lowest BCUT2D eigenvalue weighted by Crippen LogP contribution is -2.27. The van der Waals surface area contributed by atoms with Gasteiger partial charge in [-0.05, 0) is 17.7 Å².